The second-order valence-corrected chi connectivity index (χ2v) is 6.26. The van der Waals surface area contributed by atoms with Crippen LogP contribution in [0.2, 0.25) is 0 Å². The van der Waals surface area contributed by atoms with Crippen LogP contribution in [0, 0.1) is 18.3 Å². The van der Waals surface area contributed by atoms with Crippen molar-refractivity contribution in [2.75, 3.05) is 0 Å². The van der Waals surface area contributed by atoms with Crippen LogP contribution in [0.3, 0.4) is 0 Å². The molecule has 1 aliphatic carbocycles. The number of hydrogen-bond acceptors (Lipinski definition) is 2. The van der Waals surface area contributed by atoms with Gasteiger partial charge in [-0.05, 0) is 72.1 Å². The van der Waals surface area contributed by atoms with E-state index in [2.05, 4.69) is 37.0 Å². The molecule has 21 heavy (non-hydrogen) atoms. The zero-order valence-electron chi connectivity index (χ0n) is 12.9. The van der Waals surface area contributed by atoms with Crippen LogP contribution in [0.5, 0.6) is 0 Å². The van der Waals surface area contributed by atoms with Gasteiger partial charge in [-0.15, -0.1) is 0 Å². The average Bonchev–Trinajstić information content (AvgIpc) is 3.30. The Morgan fingerprint density at radius 2 is 1.95 bits per heavy atom. The van der Waals surface area contributed by atoms with Gasteiger partial charge in [-0.3, -0.25) is 4.98 Å². The van der Waals surface area contributed by atoms with E-state index in [0.717, 1.165) is 11.3 Å². The van der Waals surface area contributed by atoms with Gasteiger partial charge in [0.2, 0.25) is 0 Å². The highest BCUT2D eigenvalue weighted by Crippen LogP contribution is 2.45. The Morgan fingerprint density at radius 1 is 1.19 bits per heavy atom. The van der Waals surface area contributed by atoms with Gasteiger partial charge in [0.1, 0.15) is 0 Å². The van der Waals surface area contributed by atoms with Crippen LogP contribution in [0.15, 0.2) is 30.5 Å². The van der Waals surface area contributed by atoms with Crippen LogP contribution in [0.4, 0.5) is 0 Å². The van der Waals surface area contributed by atoms with E-state index in [1.165, 1.54) is 35.1 Å². The molecule has 0 amide bonds. The average molecular weight is 276 g/mol. The molecule has 1 saturated carbocycles. The molecule has 2 aromatic rings. The van der Waals surface area contributed by atoms with Crippen molar-refractivity contribution in [3.05, 3.63) is 52.8 Å². The van der Waals surface area contributed by atoms with E-state index in [1.807, 2.05) is 25.3 Å². The van der Waals surface area contributed by atoms with E-state index < -0.39 is 0 Å². The smallest absolute Gasteiger partial charge is 0.0991 e. The molecule has 0 atom stereocenters. The minimum Gasteiger partial charge on any atom is -0.261 e. The first-order chi connectivity index (χ1) is 10.1. The lowest BCUT2D eigenvalue weighted by molar-refractivity contribution is 0.857. The Balaban J connectivity index is 2.24. The number of aromatic nitrogens is 1. The Bertz CT molecular complexity index is 719. The quantitative estimate of drug-likeness (QED) is 0.797. The summed E-state index contributed by atoms with van der Waals surface area (Å²) in [7, 11) is 0. The highest BCUT2D eigenvalue weighted by molar-refractivity contribution is 5.73. The lowest BCUT2D eigenvalue weighted by Crippen LogP contribution is -1.98. The number of nitriles is 1. The maximum absolute atomic E-state index is 9.22. The van der Waals surface area contributed by atoms with Crippen LogP contribution in [-0.2, 0) is 0 Å². The Morgan fingerprint density at radius 3 is 2.57 bits per heavy atom. The first-order valence-corrected chi connectivity index (χ1v) is 7.61. The van der Waals surface area contributed by atoms with Crippen LogP contribution < -0.4 is 0 Å². The molecule has 0 radical (unpaired) electrons. The monoisotopic (exact) mass is 276 g/mol. The zero-order chi connectivity index (χ0) is 15.0. The maximum atomic E-state index is 9.22. The van der Waals surface area contributed by atoms with Gasteiger partial charge in [0, 0.05) is 11.9 Å². The predicted molar refractivity (Wildman–Crippen MR) is 85.2 cm³/mol. The van der Waals surface area contributed by atoms with Crippen LogP contribution in [0.1, 0.15) is 60.9 Å². The fraction of sp³-hybridized carbons (Fsp3) is 0.368. The molecular weight excluding hydrogens is 256 g/mol. The van der Waals surface area contributed by atoms with Gasteiger partial charge < -0.3 is 0 Å². The van der Waals surface area contributed by atoms with Gasteiger partial charge >= 0.3 is 0 Å². The molecule has 106 valence electrons. The number of nitrogens with zero attached hydrogens (tertiary/aromatic N) is 2. The van der Waals surface area contributed by atoms with Crippen LogP contribution >= 0.6 is 0 Å². The van der Waals surface area contributed by atoms with Crippen LogP contribution in [0.25, 0.3) is 11.1 Å². The Hall–Kier alpha value is -2.14. The molecule has 0 spiro atoms. The molecule has 3 rings (SSSR count). The van der Waals surface area contributed by atoms with Gasteiger partial charge in [0.05, 0.1) is 11.6 Å². The first kappa shape index (κ1) is 13.8. The van der Waals surface area contributed by atoms with Crippen molar-refractivity contribution < 1.29 is 0 Å². The second-order valence-electron chi connectivity index (χ2n) is 6.26. The van der Waals surface area contributed by atoms with Crippen molar-refractivity contribution in [1.82, 2.24) is 4.98 Å². The summed E-state index contributed by atoms with van der Waals surface area (Å²) in [5.41, 5.74) is 6.89. The second kappa shape index (κ2) is 5.33. The summed E-state index contributed by atoms with van der Waals surface area (Å²) in [6.45, 7) is 6.42. The third kappa shape index (κ3) is 2.69. The topological polar surface area (TPSA) is 36.7 Å². The molecule has 0 aliphatic heterocycles. The molecule has 2 heteroatoms. The standard InChI is InChI=1S/C19H20N2/c1-12(2)19-11-21-13(3)8-17(19)18-9-14(10-20)4-7-16(18)15-5-6-15/h4,7-9,11-12,15H,5-6H2,1-3H3. The van der Waals surface area contributed by atoms with Crippen molar-refractivity contribution in [2.45, 2.75) is 45.4 Å². The number of aryl methyl sites for hydroxylation is 1. The summed E-state index contributed by atoms with van der Waals surface area (Å²) >= 11 is 0. The minimum atomic E-state index is 0.422. The first-order valence-electron chi connectivity index (χ1n) is 7.61. The third-order valence-corrected chi connectivity index (χ3v) is 4.18. The molecule has 1 fully saturated rings. The zero-order valence-corrected chi connectivity index (χ0v) is 12.9. The van der Waals surface area contributed by atoms with Gasteiger partial charge in [-0.1, -0.05) is 19.9 Å². The molecule has 1 aliphatic rings. The predicted octanol–water partition coefficient (Wildman–Crippen LogP) is 4.93. The van der Waals surface area contributed by atoms with E-state index in [1.54, 1.807) is 0 Å². The molecule has 0 bridgehead atoms. The van der Waals surface area contributed by atoms with Gasteiger partial charge in [-0.25, -0.2) is 0 Å². The fourth-order valence-electron chi connectivity index (χ4n) is 2.87. The summed E-state index contributed by atoms with van der Waals surface area (Å²) in [6.07, 6.45) is 4.52. The van der Waals surface area contributed by atoms with Crippen molar-refractivity contribution in [1.29, 1.82) is 5.26 Å². The fourth-order valence-corrected chi connectivity index (χ4v) is 2.87. The highest BCUT2D eigenvalue weighted by atomic mass is 14.7. The normalized spacial score (nSPS) is 14.2. The van der Waals surface area contributed by atoms with Crippen molar-refractivity contribution in [2.24, 2.45) is 0 Å². The summed E-state index contributed by atoms with van der Waals surface area (Å²) in [5.74, 6) is 1.09. The highest BCUT2D eigenvalue weighted by Gasteiger charge is 2.27. The molecule has 2 nitrogen and oxygen atoms in total. The molecule has 0 unspecified atom stereocenters. The lowest BCUT2D eigenvalue weighted by Gasteiger charge is -2.16. The summed E-state index contributed by atoms with van der Waals surface area (Å²) in [4.78, 5) is 4.45. The largest absolute Gasteiger partial charge is 0.261 e. The van der Waals surface area contributed by atoms with Crippen molar-refractivity contribution in [3.8, 4) is 17.2 Å². The van der Waals surface area contributed by atoms with E-state index in [0.29, 0.717) is 11.8 Å². The molecule has 0 saturated heterocycles. The molecular formula is C19H20N2. The van der Waals surface area contributed by atoms with Gasteiger partial charge in [-0.2, -0.15) is 5.26 Å². The SMILES string of the molecule is Cc1cc(-c2cc(C#N)ccc2C2CC2)c(C(C)C)cn1. The number of rotatable bonds is 3. The Labute approximate surface area is 126 Å². The van der Waals surface area contributed by atoms with E-state index >= 15 is 0 Å². The number of benzene rings is 1. The molecule has 1 aromatic heterocycles. The summed E-state index contributed by atoms with van der Waals surface area (Å²) in [6, 6.07) is 10.6. The van der Waals surface area contributed by atoms with Crippen LogP contribution in [-0.4, -0.2) is 4.98 Å². The maximum Gasteiger partial charge on any atom is 0.0991 e. The number of pyridine rings is 1. The van der Waals surface area contributed by atoms with Crippen molar-refractivity contribution in [3.63, 3.8) is 0 Å². The third-order valence-electron chi connectivity index (χ3n) is 4.18. The summed E-state index contributed by atoms with van der Waals surface area (Å²) in [5, 5.41) is 9.22. The molecule has 0 N–H and O–H groups in total. The molecule has 1 aromatic carbocycles. The lowest BCUT2D eigenvalue weighted by atomic mass is 9.89. The van der Waals surface area contributed by atoms with Crippen molar-refractivity contribution >= 4 is 0 Å². The van der Waals surface area contributed by atoms with E-state index in [9.17, 15) is 5.26 Å². The Kier molecular flexibility index (Phi) is 3.51. The molecule has 1 heterocycles. The van der Waals surface area contributed by atoms with Gasteiger partial charge in [0.25, 0.3) is 0 Å². The van der Waals surface area contributed by atoms with E-state index in [4.69, 9.17) is 0 Å². The van der Waals surface area contributed by atoms with E-state index in [-0.39, 0.29) is 0 Å². The minimum absolute atomic E-state index is 0.422. The number of hydrogen-bond donors (Lipinski definition) is 0. The summed E-state index contributed by atoms with van der Waals surface area (Å²) < 4.78 is 0. The van der Waals surface area contributed by atoms with Gasteiger partial charge in [0.15, 0.2) is 0 Å².